The second-order valence-electron chi connectivity index (χ2n) is 5.08. The van der Waals surface area contributed by atoms with E-state index in [9.17, 15) is 17.6 Å². The lowest BCUT2D eigenvalue weighted by atomic mass is 10.2. The van der Waals surface area contributed by atoms with Crippen molar-refractivity contribution in [1.29, 1.82) is 0 Å². The second kappa shape index (κ2) is 6.94. The van der Waals surface area contributed by atoms with Gasteiger partial charge in [-0.15, -0.1) is 5.10 Å². The Morgan fingerprint density at radius 3 is 2.77 bits per heavy atom. The van der Waals surface area contributed by atoms with Crippen LogP contribution < -0.4 is 10.1 Å². The molecule has 11 heteroatoms. The number of aromatic nitrogens is 5. The molecule has 1 aromatic carbocycles. The Kier molecular flexibility index (Phi) is 4.69. The van der Waals surface area contributed by atoms with Crippen LogP contribution in [0.15, 0.2) is 36.7 Å². The van der Waals surface area contributed by atoms with Gasteiger partial charge in [-0.3, -0.25) is 0 Å². The maximum atomic E-state index is 13.4. The van der Waals surface area contributed by atoms with Crippen molar-refractivity contribution >= 4 is 5.82 Å². The van der Waals surface area contributed by atoms with Crippen LogP contribution in [0.4, 0.5) is 23.4 Å². The number of halogens is 4. The molecule has 26 heavy (non-hydrogen) atoms. The number of rotatable bonds is 5. The number of ether oxygens (including phenoxy) is 1. The summed E-state index contributed by atoms with van der Waals surface area (Å²) >= 11 is 0. The molecule has 0 aliphatic carbocycles. The summed E-state index contributed by atoms with van der Waals surface area (Å²) in [6, 6.07) is 4.31. The van der Waals surface area contributed by atoms with Gasteiger partial charge >= 0.3 is 12.2 Å². The molecule has 2 heterocycles. The summed E-state index contributed by atoms with van der Waals surface area (Å²) in [5.41, 5.74) is -1.02. The van der Waals surface area contributed by atoms with Gasteiger partial charge < -0.3 is 10.1 Å². The van der Waals surface area contributed by atoms with Crippen LogP contribution in [0.3, 0.4) is 0 Å². The zero-order valence-electron chi connectivity index (χ0n) is 13.3. The fraction of sp³-hybridized carbons (Fsp3) is 0.200. The number of nitrogens with one attached hydrogen (secondary N) is 1. The van der Waals surface area contributed by atoms with Crippen molar-refractivity contribution in [3.05, 3.63) is 53.7 Å². The topological polar surface area (TPSA) is 77.8 Å². The molecule has 0 saturated heterocycles. The summed E-state index contributed by atoms with van der Waals surface area (Å²) in [4.78, 5) is 7.97. The summed E-state index contributed by atoms with van der Waals surface area (Å²) in [6.45, 7) is -0.0412. The molecule has 0 bridgehead atoms. The lowest BCUT2D eigenvalue weighted by Gasteiger charge is -2.09. The van der Waals surface area contributed by atoms with Gasteiger partial charge in [0.15, 0.2) is 0 Å². The van der Waals surface area contributed by atoms with E-state index in [1.807, 2.05) is 0 Å². The van der Waals surface area contributed by atoms with Crippen molar-refractivity contribution < 1.29 is 22.3 Å². The molecule has 3 aromatic rings. The normalized spacial score (nSPS) is 11.4. The van der Waals surface area contributed by atoms with Gasteiger partial charge in [0.05, 0.1) is 17.4 Å². The van der Waals surface area contributed by atoms with Gasteiger partial charge in [-0.2, -0.15) is 18.2 Å². The van der Waals surface area contributed by atoms with Crippen LogP contribution in [-0.4, -0.2) is 32.0 Å². The van der Waals surface area contributed by atoms with Crippen molar-refractivity contribution in [2.24, 2.45) is 0 Å². The standard InChI is InChI=1S/C15H12F4N6O/c1-20-13-4-5-21-14(22-13)26-8-9-7-25(24-23-9)10-2-3-12(16)11(6-10)15(17,18)19/h2-7H,8H2,1H3,(H,20,21,22). The molecule has 0 radical (unpaired) electrons. The molecule has 0 saturated carbocycles. The molecule has 0 atom stereocenters. The van der Waals surface area contributed by atoms with Crippen LogP contribution in [0.5, 0.6) is 6.01 Å². The summed E-state index contributed by atoms with van der Waals surface area (Å²) < 4.78 is 58.2. The summed E-state index contributed by atoms with van der Waals surface area (Å²) in [5.74, 6) is -0.795. The predicted molar refractivity (Wildman–Crippen MR) is 82.2 cm³/mol. The van der Waals surface area contributed by atoms with Crippen molar-refractivity contribution in [2.75, 3.05) is 12.4 Å². The summed E-state index contributed by atoms with van der Waals surface area (Å²) in [5, 5.41) is 10.4. The first-order chi connectivity index (χ1) is 12.4. The largest absolute Gasteiger partial charge is 0.457 e. The first-order valence-corrected chi connectivity index (χ1v) is 7.29. The molecule has 0 spiro atoms. The molecule has 1 N–H and O–H groups in total. The highest BCUT2D eigenvalue weighted by Gasteiger charge is 2.34. The van der Waals surface area contributed by atoms with Gasteiger partial charge in [-0.05, 0) is 24.3 Å². The number of benzene rings is 1. The number of nitrogens with zero attached hydrogens (tertiary/aromatic N) is 5. The van der Waals surface area contributed by atoms with Gasteiger partial charge in [0.1, 0.15) is 23.9 Å². The van der Waals surface area contributed by atoms with Crippen LogP contribution in [0.2, 0.25) is 0 Å². The Bertz CT molecular complexity index is 911. The van der Waals surface area contributed by atoms with Crippen LogP contribution >= 0.6 is 0 Å². The highest BCUT2D eigenvalue weighted by atomic mass is 19.4. The number of hydrogen-bond donors (Lipinski definition) is 1. The monoisotopic (exact) mass is 368 g/mol. The van der Waals surface area contributed by atoms with Gasteiger partial charge in [-0.25, -0.2) is 14.1 Å². The van der Waals surface area contributed by atoms with E-state index < -0.39 is 17.6 Å². The Labute approximate surface area is 144 Å². The number of hydrogen-bond acceptors (Lipinski definition) is 6. The maximum Gasteiger partial charge on any atom is 0.419 e. The number of alkyl halides is 3. The quantitative estimate of drug-likeness (QED) is 0.698. The van der Waals surface area contributed by atoms with Crippen molar-refractivity contribution in [1.82, 2.24) is 25.0 Å². The molecular weight excluding hydrogens is 356 g/mol. The molecule has 3 rings (SSSR count). The fourth-order valence-corrected chi connectivity index (χ4v) is 2.05. The molecule has 0 fully saturated rings. The van der Waals surface area contributed by atoms with Crippen molar-refractivity contribution in [3.63, 3.8) is 0 Å². The van der Waals surface area contributed by atoms with Gasteiger partial charge in [-0.1, -0.05) is 5.21 Å². The lowest BCUT2D eigenvalue weighted by molar-refractivity contribution is -0.140. The third-order valence-electron chi connectivity index (χ3n) is 3.30. The molecule has 0 aliphatic rings. The Hall–Kier alpha value is -3.24. The van der Waals surface area contributed by atoms with Crippen LogP contribution in [0, 0.1) is 5.82 Å². The highest BCUT2D eigenvalue weighted by molar-refractivity contribution is 5.37. The first-order valence-electron chi connectivity index (χ1n) is 7.29. The summed E-state index contributed by atoms with van der Waals surface area (Å²) in [6.07, 6.45) is -1.93. The molecule has 0 amide bonds. The van der Waals surface area contributed by atoms with Crippen molar-refractivity contribution in [3.8, 4) is 11.7 Å². The van der Waals surface area contributed by atoms with E-state index in [0.717, 1.165) is 10.7 Å². The zero-order chi connectivity index (χ0) is 18.7. The molecular formula is C15H12F4N6O. The predicted octanol–water partition coefficient (Wildman–Crippen LogP) is 2.84. The van der Waals surface area contributed by atoms with Crippen LogP contribution in [0.25, 0.3) is 5.69 Å². The molecule has 0 aliphatic heterocycles. The van der Waals surface area contributed by atoms with E-state index in [1.54, 1.807) is 13.1 Å². The third-order valence-corrected chi connectivity index (χ3v) is 3.30. The van der Waals surface area contributed by atoms with E-state index in [1.165, 1.54) is 18.5 Å². The minimum Gasteiger partial charge on any atom is -0.457 e. The molecule has 136 valence electrons. The molecule has 0 unspecified atom stereocenters. The number of anilines is 1. The fourth-order valence-electron chi connectivity index (χ4n) is 2.05. The van der Waals surface area contributed by atoms with Gasteiger partial charge in [0, 0.05) is 13.2 Å². The van der Waals surface area contributed by atoms with E-state index in [0.29, 0.717) is 17.6 Å². The minimum absolute atomic E-state index is 0.0194. The van der Waals surface area contributed by atoms with E-state index in [2.05, 4.69) is 25.6 Å². The Balaban J connectivity index is 1.75. The van der Waals surface area contributed by atoms with Crippen LogP contribution in [-0.2, 0) is 12.8 Å². The van der Waals surface area contributed by atoms with Gasteiger partial charge in [0.25, 0.3) is 0 Å². The average molecular weight is 368 g/mol. The van der Waals surface area contributed by atoms with E-state index >= 15 is 0 Å². The van der Waals surface area contributed by atoms with Gasteiger partial charge in [0.2, 0.25) is 0 Å². The lowest BCUT2D eigenvalue weighted by Crippen LogP contribution is -2.09. The first kappa shape index (κ1) is 17.6. The zero-order valence-corrected chi connectivity index (χ0v) is 13.3. The van der Waals surface area contributed by atoms with Crippen molar-refractivity contribution in [2.45, 2.75) is 12.8 Å². The van der Waals surface area contributed by atoms with E-state index in [-0.39, 0.29) is 18.3 Å². The average Bonchev–Trinajstić information content (AvgIpc) is 3.08. The smallest absolute Gasteiger partial charge is 0.419 e. The SMILES string of the molecule is CNc1ccnc(OCc2cn(-c3ccc(F)c(C(F)(F)F)c3)nn2)n1. The highest BCUT2D eigenvalue weighted by Crippen LogP contribution is 2.32. The van der Waals surface area contributed by atoms with E-state index in [4.69, 9.17) is 4.74 Å². The second-order valence-corrected chi connectivity index (χ2v) is 5.08. The molecule has 7 nitrogen and oxygen atoms in total. The maximum absolute atomic E-state index is 13.4. The minimum atomic E-state index is -4.80. The Morgan fingerprint density at radius 1 is 1.23 bits per heavy atom. The van der Waals surface area contributed by atoms with Crippen LogP contribution in [0.1, 0.15) is 11.3 Å². The molecule has 2 aromatic heterocycles. The Morgan fingerprint density at radius 2 is 2.04 bits per heavy atom. The summed E-state index contributed by atoms with van der Waals surface area (Å²) in [7, 11) is 1.69. The third kappa shape index (κ3) is 3.87.